The Bertz CT molecular complexity index is 462. The molecule has 0 radical (unpaired) electrons. The number of amides is 3. The smallest absolute Gasteiger partial charge is 0.321 e. The fraction of sp³-hybridized carbons (Fsp3) is 0.667. The van der Waals surface area contributed by atoms with Crippen LogP contribution in [0.2, 0.25) is 0 Å². The van der Waals surface area contributed by atoms with Crippen molar-refractivity contribution >= 4 is 11.9 Å². The normalized spacial score (nSPS) is 12.0. The molecular formula is C12H22N6O3. The molecular weight excluding hydrogens is 276 g/mol. The first-order chi connectivity index (χ1) is 10.1. The van der Waals surface area contributed by atoms with Gasteiger partial charge in [0.05, 0.1) is 24.5 Å². The van der Waals surface area contributed by atoms with Crippen molar-refractivity contribution < 1.29 is 14.3 Å². The first-order valence-electron chi connectivity index (χ1n) is 6.79. The van der Waals surface area contributed by atoms with Gasteiger partial charge in [0.15, 0.2) is 0 Å². The van der Waals surface area contributed by atoms with Crippen LogP contribution in [-0.4, -0.2) is 47.2 Å². The van der Waals surface area contributed by atoms with E-state index in [0.29, 0.717) is 18.8 Å². The molecule has 0 aliphatic heterocycles. The van der Waals surface area contributed by atoms with Crippen molar-refractivity contribution in [1.82, 2.24) is 25.6 Å². The van der Waals surface area contributed by atoms with E-state index in [1.165, 1.54) is 11.8 Å². The van der Waals surface area contributed by atoms with E-state index < -0.39 is 11.9 Å². The second-order valence-electron chi connectivity index (χ2n) is 4.53. The van der Waals surface area contributed by atoms with Gasteiger partial charge in [0.25, 0.3) is 0 Å². The molecule has 0 aliphatic carbocycles. The number of nitrogens with two attached hydrogens (primary N) is 1. The fourth-order valence-electron chi connectivity index (χ4n) is 1.64. The Labute approximate surface area is 123 Å². The van der Waals surface area contributed by atoms with Crippen LogP contribution in [0.1, 0.15) is 31.5 Å². The van der Waals surface area contributed by atoms with Crippen LogP contribution in [0.5, 0.6) is 0 Å². The van der Waals surface area contributed by atoms with Gasteiger partial charge >= 0.3 is 6.03 Å². The molecule has 0 aromatic carbocycles. The van der Waals surface area contributed by atoms with Gasteiger partial charge in [-0.2, -0.15) is 0 Å². The molecule has 0 fully saturated rings. The summed E-state index contributed by atoms with van der Waals surface area (Å²) in [5.41, 5.74) is 6.54. The molecule has 9 nitrogen and oxygen atoms in total. The van der Waals surface area contributed by atoms with E-state index in [9.17, 15) is 9.59 Å². The van der Waals surface area contributed by atoms with Gasteiger partial charge in [-0.05, 0) is 6.42 Å². The summed E-state index contributed by atoms with van der Waals surface area (Å²) in [6.45, 7) is 2.64. The van der Waals surface area contributed by atoms with E-state index in [1.54, 1.807) is 6.20 Å². The summed E-state index contributed by atoms with van der Waals surface area (Å²) >= 11 is 0. The van der Waals surface area contributed by atoms with Crippen molar-refractivity contribution in [3.63, 3.8) is 0 Å². The maximum absolute atomic E-state index is 11.6. The third-order valence-electron chi connectivity index (χ3n) is 2.69. The van der Waals surface area contributed by atoms with Crippen molar-refractivity contribution in [3.05, 3.63) is 11.9 Å². The number of aromatic nitrogens is 3. The number of carbonyl (C=O) groups excluding carboxylic acids is 2. The van der Waals surface area contributed by atoms with Crippen LogP contribution < -0.4 is 16.4 Å². The minimum absolute atomic E-state index is 0.0937. The number of hydrogen-bond acceptors (Lipinski definition) is 6. The van der Waals surface area contributed by atoms with Gasteiger partial charge in [-0.3, -0.25) is 10.1 Å². The quantitative estimate of drug-likeness (QED) is 0.558. The lowest BCUT2D eigenvalue weighted by Gasteiger charge is -2.06. The highest BCUT2D eigenvalue weighted by Crippen LogP contribution is 2.11. The first kappa shape index (κ1) is 17.1. The summed E-state index contributed by atoms with van der Waals surface area (Å²) in [4.78, 5) is 23.0. The third kappa shape index (κ3) is 6.32. The van der Waals surface area contributed by atoms with E-state index in [0.717, 1.165) is 12.8 Å². The topological polar surface area (TPSA) is 124 Å². The number of carbonyl (C=O) groups is 2. The van der Waals surface area contributed by atoms with Gasteiger partial charge in [-0.25, -0.2) is 9.48 Å². The number of nitrogens with zero attached hydrogens (tertiary/aromatic N) is 3. The van der Waals surface area contributed by atoms with E-state index in [2.05, 4.69) is 20.9 Å². The standard InChI is InChI=1S/C12H22N6O3/c1-3-4-9(13)10-7-18(17-16-10)8-11(19)15-12(20)14-5-6-21-2/h7,9H,3-6,8,13H2,1-2H3,(H2,14,15,19,20). The van der Waals surface area contributed by atoms with E-state index in [1.807, 2.05) is 6.92 Å². The number of hydrogen-bond donors (Lipinski definition) is 3. The molecule has 9 heteroatoms. The maximum Gasteiger partial charge on any atom is 0.321 e. The molecule has 1 aromatic heterocycles. The van der Waals surface area contributed by atoms with Gasteiger partial charge in [0, 0.05) is 13.7 Å². The lowest BCUT2D eigenvalue weighted by Crippen LogP contribution is -2.42. The number of imide groups is 1. The predicted octanol–water partition coefficient (Wildman–Crippen LogP) is -0.450. The second-order valence-corrected chi connectivity index (χ2v) is 4.53. The lowest BCUT2D eigenvalue weighted by molar-refractivity contribution is -0.120. The van der Waals surface area contributed by atoms with E-state index in [4.69, 9.17) is 10.5 Å². The van der Waals surface area contributed by atoms with Crippen molar-refractivity contribution in [2.75, 3.05) is 20.3 Å². The minimum atomic E-state index is -0.569. The van der Waals surface area contributed by atoms with Crippen molar-refractivity contribution in [1.29, 1.82) is 0 Å². The summed E-state index contributed by atoms with van der Waals surface area (Å²) in [6, 6.07) is -0.760. The molecule has 21 heavy (non-hydrogen) atoms. The molecule has 118 valence electrons. The maximum atomic E-state index is 11.6. The second kappa shape index (κ2) is 9.03. The van der Waals surface area contributed by atoms with Gasteiger partial charge in [-0.1, -0.05) is 18.6 Å². The van der Waals surface area contributed by atoms with Gasteiger partial charge in [0.1, 0.15) is 6.54 Å². The summed E-state index contributed by atoms with van der Waals surface area (Å²) < 4.78 is 6.13. The Morgan fingerprint density at radius 2 is 2.29 bits per heavy atom. The molecule has 1 aromatic rings. The summed E-state index contributed by atoms with van der Waals surface area (Å²) in [7, 11) is 1.52. The van der Waals surface area contributed by atoms with Crippen molar-refractivity contribution in [2.24, 2.45) is 5.73 Å². The number of rotatable bonds is 8. The third-order valence-corrected chi connectivity index (χ3v) is 2.69. The summed E-state index contributed by atoms with van der Waals surface area (Å²) in [5, 5.41) is 12.4. The predicted molar refractivity (Wildman–Crippen MR) is 75.3 cm³/mol. The summed E-state index contributed by atoms with van der Waals surface area (Å²) in [6.07, 6.45) is 3.35. The summed E-state index contributed by atoms with van der Waals surface area (Å²) in [5.74, 6) is -0.481. The van der Waals surface area contributed by atoms with Crippen molar-refractivity contribution in [3.8, 4) is 0 Å². The van der Waals surface area contributed by atoms with Crippen molar-refractivity contribution in [2.45, 2.75) is 32.4 Å². The molecule has 3 amide bonds. The monoisotopic (exact) mass is 298 g/mol. The van der Waals surface area contributed by atoms with Crippen LogP contribution in [0.25, 0.3) is 0 Å². The molecule has 1 atom stereocenters. The number of urea groups is 1. The van der Waals surface area contributed by atoms with Gasteiger partial charge in [0.2, 0.25) is 5.91 Å². The highest BCUT2D eigenvalue weighted by molar-refractivity contribution is 5.94. The molecule has 1 heterocycles. The molecule has 0 spiro atoms. The first-order valence-corrected chi connectivity index (χ1v) is 6.79. The van der Waals surface area contributed by atoms with Gasteiger partial charge in [-0.15, -0.1) is 5.10 Å². The fourth-order valence-corrected chi connectivity index (χ4v) is 1.64. The van der Waals surface area contributed by atoms with Gasteiger partial charge < -0.3 is 15.8 Å². The van der Waals surface area contributed by atoms with E-state index >= 15 is 0 Å². The Balaban J connectivity index is 2.39. The highest BCUT2D eigenvalue weighted by atomic mass is 16.5. The Morgan fingerprint density at radius 3 is 2.95 bits per heavy atom. The highest BCUT2D eigenvalue weighted by Gasteiger charge is 2.12. The Hall–Kier alpha value is -2.00. The van der Waals surface area contributed by atoms with Crippen LogP contribution in [0.3, 0.4) is 0 Å². The van der Waals surface area contributed by atoms with Crippen LogP contribution in [0.15, 0.2) is 6.20 Å². The SMILES string of the molecule is CCCC(N)c1cn(CC(=O)NC(=O)NCCOC)nn1. The molecule has 4 N–H and O–H groups in total. The van der Waals surface area contributed by atoms with E-state index in [-0.39, 0.29) is 12.6 Å². The van der Waals surface area contributed by atoms with Crippen LogP contribution >= 0.6 is 0 Å². The lowest BCUT2D eigenvalue weighted by atomic mass is 10.1. The van der Waals surface area contributed by atoms with Crippen LogP contribution in [-0.2, 0) is 16.1 Å². The average Bonchev–Trinajstić information content (AvgIpc) is 2.87. The molecule has 0 aliphatic rings. The zero-order valence-corrected chi connectivity index (χ0v) is 12.3. The van der Waals surface area contributed by atoms with Crippen LogP contribution in [0.4, 0.5) is 4.79 Å². The number of methoxy groups -OCH3 is 1. The minimum Gasteiger partial charge on any atom is -0.383 e. The largest absolute Gasteiger partial charge is 0.383 e. The zero-order chi connectivity index (χ0) is 15.7. The number of nitrogens with one attached hydrogen (secondary N) is 2. The van der Waals surface area contributed by atoms with Crippen LogP contribution in [0, 0.1) is 0 Å². The number of ether oxygens (including phenoxy) is 1. The molecule has 0 bridgehead atoms. The molecule has 1 unspecified atom stereocenters. The molecule has 1 rings (SSSR count). The average molecular weight is 298 g/mol. The molecule has 0 saturated carbocycles. The zero-order valence-electron chi connectivity index (χ0n) is 12.3. The molecule has 0 saturated heterocycles. The Morgan fingerprint density at radius 1 is 1.52 bits per heavy atom. The Kier molecular flexibility index (Phi) is 7.33.